The number of benzene rings is 2. The highest BCUT2D eigenvalue weighted by Gasteiger charge is 2.16. The van der Waals surface area contributed by atoms with Crippen LogP contribution in [0.25, 0.3) is 16.3 Å². The molecule has 1 N–H and O–H groups in total. The van der Waals surface area contributed by atoms with E-state index in [1.165, 1.54) is 11.3 Å². The second-order valence-corrected chi connectivity index (χ2v) is 9.97. The summed E-state index contributed by atoms with van der Waals surface area (Å²) in [5, 5.41) is 5.25. The summed E-state index contributed by atoms with van der Waals surface area (Å²) in [5.41, 5.74) is 2.89. The van der Waals surface area contributed by atoms with E-state index in [1.807, 2.05) is 38.1 Å². The van der Waals surface area contributed by atoms with Gasteiger partial charge in [-0.3, -0.25) is 0 Å². The van der Waals surface area contributed by atoms with Crippen molar-refractivity contribution in [2.24, 2.45) is 0 Å². The van der Waals surface area contributed by atoms with E-state index < -0.39 is 10.0 Å². The largest absolute Gasteiger partial charge is 0.240 e. The lowest BCUT2D eigenvalue weighted by Gasteiger charge is -2.06. The van der Waals surface area contributed by atoms with Crippen LogP contribution in [0.1, 0.15) is 16.1 Å². The fraction of sp³-hybridized carbons (Fsp3) is 0.200. The maximum Gasteiger partial charge on any atom is 0.240 e. The molecule has 2 aromatic heterocycles. The first kappa shape index (κ1) is 20.0. The molecule has 0 spiro atoms. The van der Waals surface area contributed by atoms with Crippen LogP contribution in [0.15, 0.2) is 53.4 Å². The molecule has 0 unspecified atom stereocenters. The Labute approximate surface area is 178 Å². The number of aromatic nitrogens is 3. The summed E-state index contributed by atoms with van der Waals surface area (Å²) >= 11 is 7.46. The van der Waals surface area contributed by atoms with E-state index in [4.69, 9.17) is 11.6 Å². The summed E-state index contributed by atoms with van der Waals surface area (Å²) in [6.45, 7) is 4.20. The molecule has 0 aliphatic rings. The first-order valence-corrected chi connectivity index (χ1v) is 11.7. The lowest BCUT2D eigenvalue weighted by atomic mass is 10.2. The number of sulfonamides is 1. The predicted molar refractivity (Wildman–Crippen MR) is 116 cm³/mol. The van der Waals surface area contributed by atoms with Gasteiger partial charge in [0.05, 0.1) is 10.6 Å². The van der Waals surface area contributed by atoms with E-state index in [9.17, 15) is 8.42 Å². The molecular formula is C20H19ClN4O2S2. The van der Waals surface area contributed by atoms with Crippen LogP contribution in [0, 0.1) is 13.8 Å². The third kappa shape index (κ3) is 4.20. The molecule has 2 heterocycles. The number of thiazole rings is 1. The third-order valence-electron chi connectivity index (χ3n) is 4.59. The quantitative estimate of drug-likeness (QED) is 0.480. The highest BCUT2D eigenvalue weighted by Crippen LogP contribution is 2.26. The summed E-state index contributed by atoms with van der Waals surface area (Å²) in [6, 6.07) is 14.2. The van der Waals surface area contributed by atoms with Gasteiger partial charge in [0.25, 0.3) is 0 Å². The van der Waals surface area contributed by atoms with Crippen LogP contribution < -0.4 is 4.72 Å². The van der Waals surface area contributed by atoms with Crippen LogP contribution in [0.2, 0.25) is 5.02 Å². The lowest BCUT2D eigenvalue weighted by Crippen LogP contribution is -2.26. The molecule has 150 valence electrons. The Morgan fingerprint density at radius 2 is 1.76 bits per heavy atom. The molecule has 0 saturated carbocycles. The second-order valence-electron chi connectivity index (χ2n) is 6.71. The lowest BCUT2D eigenvalue weighted by molar-refractivity contribution is 0.581. The van der Waals surface area contributed by atoms with Gasteiger partial charge in [-0.05, 0) is 56.7 Å². The van der Waals surface area contributed by atoms with Crippen LogP contribution in [0.4, 0.5) is 0 Å². The van der Waals surface area contributed by atoms with Gasteiger partial charge in [0.15, 0.2) is 5.82 Å². The van der Waals surface area contributed by atoms with Crippen LogP contribution in [0.3, 0.4) is 0 Å². The molecule has 6 nitrogen and oxygen atoms in total. The van der Waals surface area contributed by atoms with E-state index in [1.54, 1.807) is 28.8 Å². The van der Waals surface area contributed by atoms with Gasteiger partial charge in [0.1, 0.15) is 0 Å². The molecule has 0 fully saturated rings. The van der Waals surface area contributed by atoms with E-state index >= 15 is 0 Å². The van der Waals surface area contributed by atoms with Crippen molar-refractivity contribution in [3.05, 3.63) is 69.7 Å². The summed E-state index contributed by atoms with van der Waals surface area (Å²) < 4.78 is 29.3. The Kier molecular flexibility index (Phi) is 5.44. The molecule has 4 aromatic rings. The minimum absolute atomic E-state index is 0.273. The van der Waals surface area contributed by atoms with E-state index in [0.717, 1.165) is 26.7 Å². The average Bonchev–Trinajstić information content (AvgIpc) is 3.22. The molecule has 9 heteroatoms. The number of nitrogens with one attached hydrogen (secondary N) is 1. The third-order valence-corrected chi connectivity index (χ3v) is 7.51. The molecule has 0 saturated heterocycles. The minimum atomic E-state index is -3.52. The van der Waals surface area contributed by atoms with E-state index in [2.05, 4.69) is 14.8 Å². The molecule has 0 amide bonds. The zero-order chi connectivity index (χ0) is 20.6. The van der Waals surface area contributed by atoms with Gasteiger partial charge < -0.3 is 0 Å². The van der Waals surface area contributed by atoms with Crippen molar-refractivity contribution in [1.29, 1.82) is 0 Å². The normalized spacial score (nSPS) is 12.0. The minimum Gasteiger partial charge on any atom is -0.211 e. The Morgan fingerprint density at radius 1 is 1.07 bits per heavy atom. The number of aryl methyl sites for hydroxylation is 2. The van der Waals surface area contributed by atoms with Gasteiger partial charge in [-0.1, -0.05) is 40.6 Å². The molecular weight excluding hydrogens is 428 g/mol. The Bertz CT molecular complexity index is 1260. The fourth-order valence-corrected chi connectivity index (χ4v) is 5.15. The van der Waals surface area contributed by atoms with Crippen LogP contribution in [0.5, 0.6) is 0 Å². The zero-order valence-corrected chi connectivity index (χ0v) is 18.3. The average molecular weight is 447 g/mol. The zero-order valence-electron chi connectivity index (χ0n) is 15.9. The van der Waals surface area contributed by atoms with Crippen molar-refractivity contribution in [1.82, 2.24) is 19.3 Å². The molecule has 2 aromatic carbocycles. The van der Waals surface area contributed by atoms with Crippen LogP contribution in [-0.2, 0) is 16.4 Å². The van der Waals surface area contributed by atoms with Crippen molar-refractivity contribution in [3.8, 4) is 11.4 Å². The van der Waals surface area contributed by atoms with Crippen molar-refractivity contribution in [2.45, 2.75) is 25.2 Å². The molecule has 29 heavy (non-hydrogen) atoms. The first-order valence-electron chi connectivity index (χ1n) is 9.01. The van der Waals surface area contributed by atoms with Gasteiger partial charge in [0.2, 0.25) is 15.0 Å². The topological polar surface area (TPSA) is 76.4 Å². The van der Waals surface area contributed by atoms with Crippen molar-refractivity contribution in [3.63, 3.8) is 0 Å². The summed E-state index contributed by atoms with van der Waals surface area (Å²) in [5.74, 6) is 0.641. The molecule has 0 aliphatic heterocycles. The van der Waals surface area contributed by atoms with Gasteiger partial charge in [-0.25, -0.2) is 17.7 Å². The highest BCUT2D eigenvalue weighted by atomic mass is 35.5. The first-order chi connectivity index (χ1) is 13.8. The Morgan fingerprint density at radius 3 is 2.41 bits per heavy atom. The standard InChI is InChI=1S/C20H19ClN4O2S2/c1-13-3-9-17(10-4-13)29(26,27)22-12-11-18-14(2)25-20(28-18)23-19(24-25)15-5-7-16(21)8-6-15/h3-10,22H,11-12H2,1-2H3. The number of hydrogen-bond donors (Lipinski definition) is 1. The van der Waals surface area contributed by atoms with Crippen LogP contribution >= 0.6 is 22.9 Å². The fourth-order valence-electron chi connectivity index (χ4n) is 2.94. The number of halogens is 1. The second kappa shape index (κ2) is 7.87. The summed E-state index contributed by atoms with van der Waals surface area (Å²) in [4.78, 5) is 6.70. The van der Waals surface area contributed by atoms with Crippen LogP contribution in [-0.4, -0.2) is 29.6 Å². The molecule has 0 atom stereocenters. The monoisotopic (exact) mass is 446 g/mol. The number of nitrogens with zero attached hydrogens (tertiary/aromatic N) is 3. The van der Waals surface area contributed by atoms with Gasteiger partial charge in [-0.2, -0.15) is 4.98 Å². The molecule has 0 radical (unpaired) electrons. The number of hydrogen-bond acceptors (Lipinski definition) is 5. The summed E-state index contributed by atoms with van der Waals surface area (Å²) in [6.07, 6.45) is 0.572. The van der Waals surface area contributed by atoms with E-state index in [0.29, 0.717) is 23.8 Å². The SMILES string of the molecule is Cc1ccc(S(=O)(=O)NCCc2sc3nc(-c4ccc(Cl)cc4)nn3c2C)cc1. The highest BCUT2D eigenvalue weighted by molar-refractivity contribution is 7.89. The van der Waals surface area contributed by atoms with Gasteiger partial charge in [-0.15, -0.1) is 5.10 Å². The Hall–Kier alpha value is -2.26. The smallest absolute Gasteiger partial charge is 0.211 e. The summed E-state index contributed by atoms with van der Waals surface area (Å²) in [7, 11) is -3.52. The number of fused-ring (bicyclic) bond motifs is 1. The molecule has 0 bridgehead atoms. The Balaban J connectivity index is 1.47. The molecule has 0 aliphatic carbocycles. The van der Waals surface area contributed by atoms with Crippen molar-refractivity contribution in [2.75, 3.05) is 6.54 Å². The maximum absolute atomic E-state index is 12.4. The maximum atomic E-state index is 12.4. The van der Waals surface area contributed by atoms with Gasteiger partial charge >= 0.3 is 0 Å². The van der Waals surface area contributed by atoms with E-state index in [-0.39, 0.29) is 4.90 Å². The van der Waals surface area contributed by atoms with Gasteiger partial charge in [0, 0.05) is 22.0 Å². The molecule has 4 rings (SSSR count). The van der Waals surface area contributed by atoms with Crippen molar-refractivity contribution >= 4 is 37.9 Å². The predicted octanol–water partition coefficient (Wildman–Crippen LogP) is 4.25. The number of rotatable bonds is 6. The van der Waals surface area contributed by atoms with Crippen molar-refractivity contribution < 1.29 is 8.42 Å².